The quantitative estimate of drug-likeness (QED) is 0.642. The first kappa shape index (κ1) is 23.8. The van der Waals surface area contributed by atoms with Crippen LogP contribution in [0.4, 0.5) is 4.39 Å². The number of hydrogen-bond donors (Lipinski definition) is 2. The van der Waals surface area contributed by atoms with Crippen LogP contribution in [0.25, 0.3) is 11.0 Å². The zero-order valence-corrected chi connectivity index (χ0v) is 19.4. The summed E-state index contributed by atoms with van der Waals surface area (Å²) in [6, 6.07) is 3.38. The molecule has 0 radical (unpaired) electrons. The van der Waals surface area contributed by atoms with Crippen LogP contribution in [-0.2, 0) is 16.5 Å². The van der Waals surface area contributed by atoms with Crippen molar-refractivity contribution < 1.29 is 18.6 Å². The Kier molecular flexibility index (Phi) is 7.52. The molecule has 9 heteroatoms. The molecule has 3 heterocycles. The van der Waals surface area contributed by atoms with Gasteiger partial charge in [-0.2, -0.15) is 0 Å². The third-order valence-electron chi connectivity index (χ3n) is 6.30. The molecule has 2 aromatic heterocycles. The van der Waals surface area contributed by atoms with Crippen LogP contribution >= 0.6 is 0 Å². The Morgan fingerprint density at radius 1 is 1.29 bits per heavy atom. The molecule has 1 aliphatic heterocycles. The summed E-state index contributed by atoms with van der Waals surface area (Å²) in [4.78, 5) is 16.1. The highest BCUT2D eigenvalue weighted by molar-refractivity contribution is 5.81. The maximum atomic E-state index is 14.5. The van der Waals surface area contributed by atoms with Crippen molar-refractivity contribution in [3.8, 4) is 5.75 Å². The fourth-order valence-corrected chi connectivity index (χ4v) is 4.37. The molecule has 0 amide bonds. The summed E-state index contributed by atoms with van der Waals surface area (Å²) in [6.45, 7) is 6.11. The number of pyridine rings is 2. The molecule has 0 bridgehead atoms. The van der Waals surface area contributed by atoms with E-state index in [4.69, 9.17) is 19.9 Å². The number of nitrogens with two attached hydrogens (primary N) is 1. The van der Waals surface area contributed by atoms with Gasteiger partial charge in [0.2, 0.25) is 0 Å². The van der Waals surface area contributed by atoms with E-state index in [0.29, 0.717) is 60.9 Å². The molecule has 2 aliphatic rings. The van der Waals surface area contributed by atoms with Crippen molar-refractivity contribution >= 4 is 11.0 Å². The van der Waals surface area contributed by atoms with Gasteiger partial charge in [-0.25, -0.2) is 4.39 Å². The predicted molar refractivity (Wildman–Crippen MR) is 128 cm³/mol. The molecule has 0 aromatic carbocycles. The molecule has 1 aliphatic carbocycles. The second-order valence-electron chi connectivity index (χ2n) is 8.70. The Morgan fingerprint density at radius 3 is 2.76 bits per heavy atom. The summed E-state index contributed by atoms with van der Waals surface area (Å²) in [5.41, 5.74) is 7.15. The molecule has 0 spiro atoms. The maximum Gasteiger partial charge on any atom is 0.250 e. The fourth-order valence-electron chi connectivity index (χ4n) is 4.37. The van der Waals surface area contributed by atoms with Crippen molar-refractivity contribution in [1.29, 1.82) is 0 Å². The van der Waals surface area contributed by atoms with Gasteiger partial charge >= 0.3 is 0 Å². The first-order chi connectivity index (χ1) is 16.5. The van der Waals surface area contributed by atoms with Gasteiger partial charge in [0.25, 0.3) is 5.56 Å². The fraction of sp³-hybridized carbons (Fsp3) is 0.440. The first-order valence-corrected chi connectivity index (χ1v) is 11.5. The second kappa shape index (κ2) is 10.7. The lowest BCUT2D eigenvalue weighted by Gasteiger charge is -2.29. The summed E-state index contributed by atoms with van der Waals surface area (Å²) in [6.07, 6.45) is 8.30. The van der Waals surface area contributed by atoms with Crippen LogP contribution in [0.1, 0.15) is 25.7 Å². The van der Waals surface area contributed by atoms with E-state index in [1.54, 1.807) is 13.1 Å². The molecule has 4 rings (SSSR count). The minimum absolute atomic E-state index is 0.0922. The topological polar surface area (TPSA) is 101 Å². The average Bonchev–Trinajstić information content (AvgIpc) is 2.85. The van der Waals surface area contributed by atoms with Crippen LogP contribution in [0.3, 0.4) is 0 Å². The van der Waals surface area contributed by atoms with Crippen molar-refractivity contribution in [2.75, 3.05) is 26.4 Å². The smallest absolute Gasteiger partial charge is 0.250 e. The molecule has 8 nitrogen and oxygen atoms in total. The van der Waals surface area contributed by atoms with E-state index >= 15 is 0 Å². The van der Waals surface area contributed by atoms with E-state index < -0.39 is 5.82 Å². The number of rotatable bonds is 7. The second-order valence-corrected chi connectivity index (χ2v) is 8.70. The highest BCUT2D eigenvalue weighted by atomic mass is 19.1. The molecule has 1 saturated heterocycles. The molecule has 0 atom stereocenters. The van der Waals surface area contributed by atoms with Crippen molar-refractivity contribution in [1.82, 2.24) is 14.9 Å². The molecule has 2 fully saturated rings. The number of nitrogens with zero attached hydrogens (tertiary/aromatic N) is 2. The monoisotopic (exact) mass is 470 g/mol. The molecule has 2 aromatic rings. The Balaban J connectivity index is 1.27. The predicted octanol–water partition coefficient (Wildman–Crippen LogP) is 2.89. The molecule has 3 N–H and O–H groups in total. The third kappa shape index (κ3) is 5.41. The Hall–Kier alpha value is -3.33. The van der Waals surface area contributed by atoms with Crippen LogP contribution in [0.5, 0.6) is 5.75 Å². The number of aromatic nitrogens is 2. The Bertz CT molecular complexity index is 1170. The zero-order valence-electron chi connectivity index (χ0n) is 19.4. The Labute approximate surface area is 197 Å². The van der Waals surface area contributed by atoms with E-state index in [2.05, 4.69) is 16.9 Å². The maximum absolute atomic E-state index is 14.5. The van der Waals surface area contributed by atoms with Crippen LogP contribution in [0, 0.1) is 11.7 Å². The molecule has 0 unspecified atom stereocenters. The minimum Gasteiger partial charge on any atom is -0.488 e. The van der Waals surface area contributed by atoms with Crippen LogP contribution < -0.4 is 21.3 Å². The Morgan fingerprint density at radius 2 is 2.03 bits per heavy atom. The van der Waals surface area contributed by atoms with Crippen molar-refractivity contribution in [3.05, 3.63) is 70.4 Å². The highest BCUT2D eigenvalue weighted by Gasteiger charge is 2.23. The number of halogens is 1. The molecular weight excluding hydrogens is 439 g/mol. The zero-order chi connectivity index (χ0) is 24.1. The van der Waals surface area contributed by atoms with Crippen molar-refractivity contribution in [3.63, 3.8) is 0 Å². The van der Waals surface area contributed by atoms with Crippen LogP contribution in [0.15, 0.2) is 59.1 Å². The SMILES string of the molecule is C=C(/C=C1/OCCO/C1=C/N)CN[C@H]1CC[C@H](COc2c(F)cnc3ccc(=O)n(C)c23)CC1. The highest BCUT2D eigenvalue weighted by Crippen LogP contribution is 2.29. The van der Waals surface area contributed by atoms with Gasteiger partial charge < -0.3 is 29.8 Å². The first-order valence-electron chi connectivity index (χ1n) is 11.5. The number of fused-ring (bicyclic) bond motifs is 1. The number of nitrogens with one attached hydrogen (secondary N) is 1. The largest absolute Gasteiger partial charge is 0.488 e. The minimum atomic E-state index is -0.559. The number of aryl methyl sites for hydroxylation is 1. The number of ether oxygens (including phenoxy) is 3. The van der Waals surface area contributed by atoms with E-state index in [-0.39, 0.29) is 11.3 Å². The van der Waals surface area contributed by atoms with Gasteiger partial charge in [0.15, 0.2) is 23.1 Å². The van der Waals surface area contributed by atoms with E-state index in [1.807, 2.05) is 6.08 Å². The summed E-state index contributed by atoms with van der Waals surface area (Å²) in [5.74, 6) is 0.990. The van der Waals surface area contributed by atoms with Crippen LogP contribution in [-0.4, -0.2) is 42.0 Å². The van der Waals surface area contributed by atoms with Crippen molar-refractivity contribution in [2.24, 2.45) is 18.7 Å². The summed E-state index contributed by atoms with van der Waals surface area (Å²) in [5, 5.41) is 3.55. The van der Waals surface area contributed by atoms with Crippen molar-refractivity contribution in [2.45, 2.75) is 31.7 Å². The lowest BCUT2D eigenvalue weighted by atomic mass is 9.86. The number of hydrogen-bond acceptors (Lipinski definition) is 7. The van der Waals surface area contributed by atoms with E-state index in [9.17, 15) is 9.18 Å². The third-order valence-corrected chi connectivity index (χ3v) is 6.30. The van der Waals surface area contributed by atoms with E-state index in [1.165, 1.54) is 16.8 Å². The van der Waals surface area contributed by atoms with Gasteiger partial charge in [0.05, 0.1) is 18.3 Å². The summed E-state index contributed by atoms with van der Waals surface area (Å²) < 4.78 is 32.8. The molecular formula is C25H31FN4O4. The van der Waals surface area contributed by atoms with Gasteiger partial charge in [0, 0.05) is 31.9 Å². The normalized spacial score (nSPS) is 23.0. The standard InChI is InChI=1S/C25H31FN4O4/c1-16(11-21-22(12-27)33-10-9-32-21)13-28-18-5-3-17(4-6-18)15-34-25-19(26)14-29-20-7-8-23(31)30(2)24(20)25/h7-8,11-12,14,17-18,28H,1,3-6,9-10,13,15,27H2,2H3/b21-11+,22-12+/t17-,18-. The van der Waals surface area contributed by atoms with Gasteiger partial charge in [0.1, 0.15) is 18.7 Å². The lowest BCUT2D eigenvalue weighted by Crippen LogP contribution is -2.35. The summed E-state index contributed by atoms with van der Waals surface area (Å²) >= 11 is 0. The lowest BCUT2D eigenvalue weighted by molar-refractivity contribution is 0.0591. The molecule has 182 valence electrons. The van der Waals surface area contributed by atoms with Gasteiger partial charge in [-0.1, -0.05) is 6.58 Å². The molecule has 34 heavy (non-hydrogen) atoms. The van der Waals surface area contributed by atoms with E-state index in [0.717, 1.165) is 37.5 Å². The van der Waals surface area contributed by atoms with Crippen LogP contribution in [0.2, 0.25) is 0 Å². The molecule has 1 saturated carbocycles. The van der Waals surface area contributed by atoms with Gasteiger partial charge in [-0.3, -0.25) is 9.78 Å². The van der Waals surface area contributed by atoms with Gasteiger partial charge in [-0.05, 0) is 49.3 Å². The van der Waals surface area contributed by atoms with Gasteiger partial charge in [-0.15, -0.1) is 0 Å². The summed E-state index contributed by atoms with van der Waals surface area (Å²) in [7, 11) is 1.60. The average molecular weight is 471 g/mol.